The summed E-state index contributed by atoms with van der Waals surface area (Å²) in [6, 6.07) is 9.03. The van der Waals surface area contributed by atoms with Crippen molar-refractivity contribution in [3.8, 4) is 0 Å². The van der Waals surface area contributed by atoms with Crippen molar-refractivity contribution in [1.29, 1.82) is 0 Å². The molecule has 0 fully saturated rings. The van der Waals surface area contributed by atoms with Gasteiger partial charge in [-0.25, -0.2) is 0 Å². The second-order valence-corrected chi connectivity index (χ2v) is 7.02. The minimum absolute atomic E-state index is 0.259. The Morgan fingerprint density at radius 2 is 1.50 bits per heavy atom. The van der Waals surface area contributed by atoms with Crippen molar-refractivity contribution in [1.82, 2.24) is 5.32 Å². The molecule has 2 nitrogen and oxygen atoms in total. The summed E-state index contributed by atoms with van der Waals surface area (Å²) in [5.41, 5.74) is 2.00. The van der Waals surface area contributed by atoms with Crippen LogP contribution in [0.15, 0.2) is 24.3 Å². The van der Waals surface area contributed by atoms with Crippen molar-refractivity contribution in [2.75, 3.05) is 6.54 Å². The van der Waals surface area contributed by atoms with Crippen molar-refractivity contribution in [2.24, 2.45) is 5.92 Å². The highest BCUT2D eigenvalue weighted by atomic mass is 16.3. The molecular formula is C18H31NO. The van der Waals surface area contributed by atoms with Crippen LogP contribution in [0.2, 0.25) is 0 Å². The fourth-order valence-electron chi connectivity index (χ4n) is 2.61. The Bertz CT molecular complexity index is 392. The number of hydrogen-bond acceptors (Lipinski definition) is 2. The smallest absolute Gasteiger partial charge is 0.0746 e. The monoisotopic (exact) mass is 277 g/mol. The van der Waals surface area contributed by atoms with Crippen LogP contribution < -0.4 is 5.32 Å². The van der Waals surface area contributed by atoms with E-state index in [2.05, 4.69) is 64.2 Å². The van der Waals surface area contributed by atoms with Gasteiger partial charge in [-0.15, -0.1) is 0 Å². The van der Waals surface area contributed by atoms with Gasteiger partial charge in [0.15, 0.2) is 0 Å². The van der Waals surface area contributed by atoms with E-state index in [1.165, 1.54) is 11.1 Å². The average Bonchev–Trinajstić information content (AvgIpc) is 2.34. The first-order valence-electron chi connectivity index (χ1n) is 7.77. The van der Waals surface area contributed by atoms with Crippen LogP contribution >= 0.6 is 0 Å². The van der Waals surface area contributed by atoms with Crippen molar-refractivity contribution < 1.29 is 5.11 Å². The first-order chi connectivity index (χ1) is 9.21. The van der Waals surface area contributed by atoms with Crippen LogP contribution in [0.25, 0.3) is 0 Å². The number of rotatable bonds is 7. The Morgan fingerprint density at radius 1 is 1.00 bits per heavy atom. The van der Waals surface area contributed by atoms with Crippen LogP contribution in [-0.4, -0.2) is 17.3 Å². The molecule has 1 aromatic carbocycles. The second kappa shape index (κ2) is 7.24. The zero-order valence-electron chi connectivity index (χ0n) is 13.9. The van der Waals surface area contributed by atoms with Gasteiger partial charge in [0.25, 0.3) is 0 Å². The summed E-state index contributed by atoms with van der Waals surface area (Å²) in [6.07, 6.45) is 0.818. The Labute approximate surface area is 124 Å². The zero-order chi connectivity index (χ0) is 15.3. The first kappa shape index (κ1) is 17.2. The molecule has 2 N–H and O–H groups in total. The highest BCUT2D eigenvalue weighted by molar-refractivity contribution is 5.26. The van der Waals surface area contributed by atoms with E-state index < -0.39 is 5.60 Å². The van der Waals surface area contributed by atoms with E-state index in [1.54, 1.807) is 0 Å². The maximum absolute atomic E-state index is 10.3. The third-order valence-electron chi connectivity index (χ3n) is 3.74. The Balaban J connectivity index is 2.56. The van der Waals surface area contributed by atoms with Gasteiger partial charge in [-0.3, -0.25) is 0 Å². The molecule has 0 radical (unpaired) electrons. The topological polar surface area (TPSA) is 32.3 Å². The van der Waals surface area contributed by atoms with E-state index in [1.807, 2.05) is 6.92 Å². The Hall–Kier alpha value is -0.860. The third-order valence-corrected chi connectivity index (χ3v) is 3.74. The summed E-state index contributed by atoms with van der Waals surface area (Å²) in [4.78, 5) is 0. The highest BCUT2D eigenvalue weighted by Crippen LogP contribution is 2.20. The fourth-order valence-corrected chi connectivity index (χ4v) is 2.61. The SMILES string of the molecule is CC(C)CC(C)(O)CNC(C)c1ccc(C(C)C)cc1. The summed E-state index contributed by atoms with van der Waals surface area (Å²) < 4.78 is 0. The number of aliphatic hydroxyl groups is 1. The van der Waals surface area contributed by atoms with Crippen molar-refractivity contribution in [3.63, 3.8) is 0 Å². The van der Waals surface area contributed by atoms with Gasteiger partial charge in [-0.2, -0.15) is 0 Å². The lowest BCUT2D eigenvalue weighted by molar-refractivity contribution is 0.0363. The zero-order valence-corrected chi connectivity index (χ0v) is 13.9. The minimum atomic E-state index is -0.639. The van der Waals surface area contributed by atoms with E-state index in [0.717, 1.165) is 6.42 Å². The summed E-state index contributed by atoms with van der Waals surface area (Å²) in [6.45, 7) is 13.4. The molecule has 0 amide bonds. The lowest BCUT2D eigenvalue weighted by Gasteiger charge is -2.28. The molecule has 0 aliphatic heterocycles. The molecule has 0 saturated heterocycles. The molecule has 20 heavy (non-hydrogen) atoms. The van der Waals surface area contributed by atoms with Gasteiger partial charge in [0.1, 0.15) is 0 Å². The molecule has 114 valence electrons. The van der Waals surface area contributed by atoms with Gasteiger partial charge in [-0.1, -0.05) is 52.0 Å². The molecule has 0 aromatic heterocycles. The maximum Gasteiger partial charge on any atom is 0.0746 e. The van der Waals surface area contributed by atoms with Crippen LogP contribution in [-0.2, 0) is 0 Å². The lowest BCUT2D eigenvalue weighted by atomic mass is 9.93. The van der Waals surface area contributed by atoms with Gasteiger partial charge in [0.2, 0.25) is 0 Å². The van der Waals surface area contributed by atoms with Crippen LogP contribution in [0, 0.1) is 5.92 Å². The van der Waals surface area contributed by atoms with Gasteiger partial charge < -0.3 is 10.4 Å². The van der Waals surface area contributed by atoms with Crippen LogP contribution in [0.5, 0.6) is 0 Å². The largest absolute Gasteiger partial charge is 0.389 e. The van der Waals surface area contributed by atoms with Gasteiger partial charge in [-0.05, 0) is 43.2 Å². The quantitative estimate of drug-likeness (QED) is 0.780. The average molecular weight is 277 g/mol. The molecule has 2 atom stereocenters. The molecule has 0 bridgehead atoms. The molecule has 0 spiro atoms. The predicted octanol–water partition coefficient (Wildman–Crippen LogP) is 4.26. The molecule has 0 heterocycles. The van der Waals surface area contributed by atoms with Crippen LogP contribution in [0.1, 0.15) is 71.0 Å². The highest BCUT2D eigenvalue weighted by Gasteiger charge is 2.22. The number of benzene rings is 1. The summed E-state index contributed by atoms with van der Waals surface area (Å²) >= 11 is 0. The fraction of sp³-hybridized carbons (Fsp3) is 0.667. The lowest BCUT2D eigenvalue weighted by Crippen LogP contribution is -2.39. The van der Waals surface area contributed by atoms with Crippen molar-refractivity contribution in [2.45, 2.75) is 65.5 Å². The standard InChI is InChI=1S/C18H31NO/c1-13(2)11-18(6,20)12-19-15(5)17-9-7-16(8-10-17)14(3)4/h7-10,13-15,19-20H,11-12H2,1-6H3. The Kier molecular flexibility index (Phi) is 6.22. The number of hydrogen-bond donors (Lipinski definition) is 2. The Morgan fingerprint density at radius 3 is 1.95 bits per heavy atom. The van der Waals surface area contributed by atoms with Gasteiger partial charge >= 0.3 is 0 Å². The molecule has 2 unspecified atom stereocenters. The van der Waals surface area contributed by atoms with E-state index in [-0.39, 0.29) is 6.04 Å². The summed E-state index contributed by atoms with van der Waals surface area (Å²) in [5.74, 6) is 1.08. The molecule has 0 aliphatic rings. The summed E-state index contributed by atoms with van der Waals surface area (Å²) in [5, 5.41) is 13.8. The molecule has 1 aromatic rings. The van der Waals surface area contributed by atoms with E-state index in [9.17, 15) is 5.11 Å². The molecule has 0 saturated carbocycles. The maximum atomic E-state index is 10.3. The van der Waals surface area contributed by atoms with Crippen LogP contribution in [0.3, 0.4) is 0 Å². The molecular weight excluding hydrogens is 246 g/mol. The van der Waals surface area contributed by atoms with Crippen molar-refractivity contribution in [3.05, 3.63) is 35.4 Å². The molecule has 0 aliphatic carbocycles. The first-order valence-corrected chi connectivity index (χ1v) is 7.77. The van der Waals surface area contributed by atoms with Crippen molar-refractivity contribution >= 4 is 0 Å². The third kappa shape index (κ3) is 5.64. The molecule has 2 heteroatoms. The van der Waals surface area contributed by atoms with Gasteiger partial charge in [0, 0.05) is 12.6 Å². The van der Waals surface area contributed by atoms with Gasteiger partial charge in [0.05, 0.1) is 5.60 Å². The van der Waals surface area contributed by atoms with Crippen LogP contribution in [0.4, 0.5) is 0 Å². The van der Waals surface area contributed by atoms with E-state index in [4.69, 9.17) is 0 Å². The summed E-state index contributed by atoms with van der Waals surface area (Å²) in [7, 11) is 0. The predicted molar refractivity (Wildman–Crippen MR) is 87.0 cm³/mol. The minimum Gasteiger partial charge on any atom is -0.389 e. The van der Waals surface area contributed by atoms with E-state index in [0.29, 0.717) is 18.4 Å². The second-order valence-electron chi connectivity index (χ2n) is 7.02. The number of nitrogens with one attached hydrogen (secondary N) is 1. The van der Waals surface area contributed by atoms with E-state index >= 15 is 0 Å². The molecule has 1 rings (SSSR count). The normalized spacial score (nSPS) is 16.4.